The molecule has 0 radical (unpaired) electrons. The molecule has 88 valence electrons. The normalized spacial score (nSPS) is 31.4. The second-order valence-electron chi connectivity index (χ2n) is 5.20. The van der Waals surface area contributed by atoms with E-state index >= 15 is 0 Å². The molecule has 0 aromatic carbocycles. The third-order valence-corrected chi connectivity index (χ3v) is 4.34. The predicted molar refractivity (Wildman–Crippen MR) is 63.4 cm³/mol. The molecule has 0 unspecified atom stereocenters. The summed E-state index contributed by atoms with van der Waals surface area (Å²) in [7, 11) is 0. The highest BCUT2D eigenvalue weighted by molar-refractivity contribution is 5.58. The van der Waals surface area contributed by atoms with Gasteiger partial charge in [-0.15, -0.1) is 10.2 Å². The van der Waals surface area contributed by atoms with E-state index in [0.29, 0.717) is 17.4 Å². The number of hydrogen-bond donors (Lipinski definition) is 1. The first kappa shape index (κ1) is 9.39. The van der Waals surface area contributed by atoms with E-state index in [-0.39, 0.29) is 0 Å². The summed E-state index contributed by atoms with van der Waals surface area (Å²) in [4.78, 5) is 4.05. The first-order chi connectivity index (χ1) is 8.36. The maximum atomic E-state index is 5.80. The lowest BCUT2D eigenvalue weighted by Gasteiger charge is -2.04. The van der Waals surface area contributed by atoms with E-state index in [1.54, 1.807) is 6.20 Å². The van der Waals surface area contributed by atoms with Crippen LogP contribution in [0, 0.1) is 11.8 Å². The van der Waals surface area contributed by atoms with Crippen LogP contribution in [0.25, 0.3) is 5.65 Å². The van der Waals surface area contributed by atoms with Crippen molar-refractivity contribution in [2.45, 2.75) is 31.6 Å². The van der Waals surface area contributed by atoms with E-state index in [0.717, 1.165) is 17.7 Å². The standard InChI is InChI=1S/C12H15N5/c13-10-12-16-15-11(17(12)6-5-14-10)9-7-3-1-2-4-8(7)9/h5-9H,1-4H2,(H2,13,14)/t7-,8+,9+. The van der Waals surface area contributed by atoms with Gasteiger partial charge < -0.3 is 5.73 Å². The Bertz CT molecular complexity index is 563. The van der Waals surface area contributed by atoms with Crippen molar-refractivity contribution < 1.29 is 0 Å². The molecular formula is C12H15N5. The van der Waals surface area contributed by atoms with Gasteiger partial charge in [-0.25, -0.2) is 4.98 Å². The van der Waals surface area contributed by atoms with E-state index < -0.39 is 0 Å². The molecular weight excluding hydrogens is 214 g/mol. The molecule has 0 aliphatic heterocycles. The molecule has 5 nitrogen and oxygen atoms in total. The monoisotopic (exact) mass is 229 g/mol. The third-order valence-electron chi connectivity index (χ3n) is 4.34. The molecule has 2 heterocycles. The molecule has 17 heavy (non-hydrogen) atoms. The molecule has 2 aliphatic carbocycles. The second-order valence-corrected chi connectivity index (χ2v) is 5.20. The molecule has 2 fully saturated rings. The van der Waals surface area contributed by atoms with Gasteiger partial charge in [0, 0.05) is 18.3 Å². The van der Waals surface area contributed by atoms with Gasteiger partial charge >= 0.3 is 0 Å². The van der Waals surface area contributed by atoms with Crippen LogP contribution in [0.5, 0.6) is 0 Å². The molecule has 0 bridgehead atoms. The van der Waals surface area contributed by atoms with Crippen LogP contribution in [0.3, 0.4) is 0 Å². The molecule has 2 saturated carbocycles. The van der Waals surface area contributed by atoms with Crippen LogP contribution in [0.15, 0.2) is 12.4 Å². The van der Waals surface area contributed by atoms with Crippen molar-refractivity contribution in [2.24, 2.45) is 11.8 Å². The first-order valence-corrected chi connectivity index (χ1v) is 6.31. The maximum Gasteiger partial charge on any atom is 0.203 e. The van der Waals surface area contributed by atoms with E-state index in [1.807, 2.05) is 10.6 Å². The Morgan fingerprint density at radius 1 is 1.18 bits per heavy atom. The summed E-state index contributed by atoms with van der Waals surface area (Å²) in [6.07, 6.45) is 9.10. The van der Waals surface area contributed by atoms with Crippen molar-refractivity contribution in [3.8, 4) is 0 Å². The fourth-order valence-corrected chi connectivity index (χ4v) is 3.47. The summed E-state index contributed by atoms with van der Waals surface area (Å²) in [5, 5.41) is 8.50. The average molecular weight is 229 g/mol. The summed E-state index contributed by atoms with van der Waals surface area (Å²) >= 11 is 0. The second kappa shape index (κ2) is 3.18. The van der Waals surface area contributed by atoms with Crippen LogP contribution in [-0.2, 0) is 0 Å². The summed E-state index contributed by atoms with van der Waals surface area (Å²) in [5.41, 5.74) is 6.50. The molecule has 0 saturated heterocycles. The van der Waals surface area contributed by atoms with E-state index in [4.69, 9.17) is 5.73 Å². The lowest BCUT2D eigenvalue weighted by molar-refractivity contribution is 0.480. The lowest BCUT2D eigenvalue weighted by atomic mass is 10.0. The van der Waals surface area contributed by atoms with E-state index in [1.165, 1.54) is 25.7 Å². The van der Waals surface area contributed by atoms with Crippen LogP contribution < -0.4 is 5.73 Å². The molecule has 2 aliphatic rings. The molecule has 2 aromatic heterocycles. The zero-order valence-corrected chi connectivity index (χ0v) is 9.58. The third kappa shape index (κ3) is 1.22. The topological polar surface area (TPSA) is 69.1 Å². The Balaban J connectivity index is 1.80. The maximum absolute atomic E-state index is 5.80. The van der Waals surface area contributed by atoms with Crippen LogP contribution in [0.1, 0.15) is 37.4 Å². The van der Waals surface area contributed by atoms with Gasteiger partial charge in [0.1, 0.15) is 5.82 Å². The first-order valence-electron chi connectivity index (χ1n) is 6.31. The Kier molecular flexibility index (Phi) is 1.76. The van der Waals surface area contributed by atoms with Gasteiger partial charge in [-0.3, -0.25) is 4.40 Å². The Morgan fingerprint density at radius 2 is 1.94 bits per heavy atom. The van der Waals surface area contributed by atoms with E-state index in [2.05, 4.69) is 15.2 Å². The van der Waals surface area contributed by atoms with Crippen molar-refractivity contribution in [3.63, 3.8) is 0 Å². The van der Waals surface area contributed by atoms with Crippen LogP contribution in [-0.4, -0.2) is 19.6 Å². The molecule has 2 N–H and O–H groups in total. The molecule has 3 atom stereocenters. The summed E-state index contributed by atoms with van der Waals surface area (Å²) in [5.74, 6) is 3.84. The highest BCUT2D eigenvalue weighted by atomic mass is 15.3. The minimum atomic E-state index is 0.467. The lowest BCUT2D eigenvalue weighted by Crippen LogP contribution is -1.98. The van der Waals surface area contributed by atoms with Crippen molar-refractivity contribution in [2.75, 3.05) is 5.73 Å². The number of nitrogens with zero attached hydrogens (tertiary/aromatic N) is 4. The van der Waals surface area contributed by atoms with Crippen LogP contribution in [0.4, 0.5) is 5.82 Å². The zero-order chi connectivity index (χ0) is 11.4. The van der Waals surface area contributed by atoms with Crippen molar-refractivity contribution in [1.29, 1.82) is 0 Å². The number of fused-ring (bicyclic) bond motifs is 2. The van der Waals surface area contributed by atoms with E-state index in [9.17, 15) is 0 Å². The summed E-state index contributed by atoms with van der Waals surface area (Å²) in [6.45, 7) is 0. The van der Waals surface area contributed by atoms with Crippen molar-refractivity contribution in [1.82, 2.24) is 19.6 Å². The smallest absolute Gasteiger partial charge is 0.203 e. The van der Waals surface area contributed by atoms with Gasteiger partial charge in [-0.05, 0) is 24.7 Å². The molecule has 0 spiro atoms. The molecule has 5 heteroatoms. The highest BCUT2D eigenvalue weighted by Gasteiger charge is 2.53. The quantitative estimate of drug-likeness (QED) is 0.806. The number of rotatable bonds is 1. The number of aromatic nitrogens is 4. The van der Waals surface area contributed by atoms with Gasteiger partial charge in [-0.2, -0.15) is 0 Å². The van der Waals surface area contributed by atoms with Crippen molar-refractivity contribution in [3.05, 3.63) is 18.2 Å². The summed E-state index contributed by atoms with van der Waals surface area (Å²) < 4.78 is 2.02. The largest absolute Gasteiger partial charge is 0.381 e. The number of nitrogen functional groups attached to an aromatic ring is 1. The average Bonchev–Trinajstić information content (AvgIpc) is 2.92. The summed E-state index contributed by atoms with van der Waals surface area (Å²) in [6, 6.07) is 0. The van der Waals surface area contributed by atoms with Gasteiger partial charge in [-0.1, -0.05) is 12.8 Å². The predicted octanol–water partition coefficient (Wildman–Crippen LogP) is 1.61. The van der Waals surface area contributed by atoms with Gasteiger partial charge in [0.25, 0.3) is 0 Å². The Labute approximate surface area is 99.1 Å². The molecule has 2 aromatic rings. The van der Waals surface area contributed by atoms with Gasteiger partial charge in [0.2, 0.25) is 5.65 Å². The highest BCUT2D eigenvalue weighted by Crippen LogP contribution is 2.60. The fraction of sp³-hybridized carbons (Fsp3) is 0.583. The van der Waals surface area contributed by atoms with Crippen molar-refractivity contribution >= 4 is 11.5 Å². The molecule has 4 rings (SSSR count). The van der Waals surface area contributed by atoms with Crippen LogP contribution >= 0.6 is 0 Å². The SMILES string of the molecule is Nc1nccn2c([C@H]3[C@@H]4CCCC[C@@H]43)nnc12. The number of anilines is 1. The molecule has 0 amide bonds. The number of hydrogen-bond acceptors (Lipinski definition) is 4. The Morgan fingerprint density at radius 3 is 2.71 bits per heavy atom. The van der Waals surface area contributed by atoms with Gasteiger partial charge in [0.15, 0.2) is 5.82 Å². The van der Waals surface area contributed by atoms with Crippen LogP contribution in [0.2, 0.25) is 0 Å². The minimum absolute atomic E-state index is 0.467. The fourth-order valence-electron chi connectivity index (χ4n) is 3.47. The zero-order valence-electron chi connectivity index (χ0n) is 9.58. The van der Waals surface area contributed by atoms with Gasteiger partial charge in [0.05, 0.1) is 0 Å². The number of nitrogens with two attached hydrogens (primary N) is 1. The Hall–Kier alpha value is -1.65. The minimum Gasteiger partial charge on any atom is -0.381 e.